The summed E-state index contributed by atoms with van der Waals surface area (Å²) in [6.45, 7) is 1.67. The zero-order valence-electron chi connectivity index (χ0n) is 17.0. The third-order valence-corrected chi connectivity index (χ3v) is 5.58. The minimum Gasteiger partial charge on any atom is -0.351 e. The Hall–Kier alpha value is -3.08. The molecule has 1 fully saturated rings. The number of nitrogens with zero attached hydrogens (tertiary/aromatic N) is 2. The Morgan fingerprint density at radius 3 is 2.18 bits per heavy atom. The average molecular weight is 473 g/mol. The van der Waals surface area contributed by atoms with Crippen LogP contribution in [0.3, 0.4) is 0 Å². The molecule has 1 N–H and O–H groups in total. The second-order valence-electron chi connectivity index (χ2n) is 7.86. The summed E-state index contributed by atoms with van der Waals surface area (Å²) in [5.41, 5.74) is -1.16. The van der Waals surface area contributed by atoms with Crippen LogP contribution in [0.4, 0.5) is 30.7 Å². The van der Waals surface area contributed by atoms with Crippen LogP contribution >= 0.6 is 0 Å². The van der Waals surface area contributed by atoms with Crippen LogP contribution in [-0.2, 0) is 18.9 Å². The van der Waals surface area contributed by atoms with E-state index in [1.54, 1.807) is 4.90 Å². The molecule has 0 aliphatic carbocycles. The molecule has 4 rings (SSSR count). The first-order chi connectivity index (χ1) is 15.4. The average Bonchev–Trinajstić information content (AvgIpc) is 3.16. The van der Waals surface area contributed by atoms with E-state index in [1.807, 2.05) is 4.90 Å². The monoisotopic (exact) mass is 473 g/mol. The smallest absolute Gasteiger partial charge is 0.351 e. The standard InChI is InChI=1S/C22H18F7N3O/c23-17-9-13(1-3-16(17)22(27,28)29)12-31-5-7-32(8-6-31)20(33)19-11-14-10-15(21(24,25)26)2-4-18(14)30-19/h1-4,9-11,30H,5-8,12H2. The van der Waals surface area contributed by atoms with Gasteiger partial charge in [-0.15, -0.1) is 0 Å². The second kappa shape index (κ2) is 8.36. The first kappa shape index (κ1) is 23.1. The number of carbonyl (C=O) groups excluding carboxylic acids is 1. The summed E-state index contributed by atoms with van der Waals surface area (Å²) < 4.78 is 90.6. The van der Waals surface area contributed by atoms with Crippen molar-refractivity contribution in [2.45, 2.75) is 18.9 Å². The number of H-pyrrole nitrogens is 1. The first-order valence-electron chi connectivity index (χ1n) is 9.99. The summed E-state index contributed by atoms with van der Waals surface area (Å²) in [6.07, 6.45) is -9.24. The summed E-state index contributed by atoms with van der Waals surface area (Å²) in [7, 11) is 0. The van der Waals surface area contributed by atoms with Crippen molar-refractivity contribution in [1.29, 1.82) is 0 Å². The van der Waals surface area contributed by atoms with Gasteiger partial charge in [-0.25, -0.2) is 4.39 Å². The molecular formula is C22H18F7N3O. The van der Waals surface area contributed by atoms with Gasteiger partial charge < -0.3 is 9.88 Å². The van der Waals surface area contributed by atoms with Gasteiger partial charge >= 0.3 is 12.4 Å². The quantitative estimate of drug-likeness (QED) is 0.525. The molecule has 3 aromatic rings. The Bertz CT molecular complexity index is 1170. The van der Waals surface area contributed by atoms with E-state index in [1.165, 1.54) is 18.2 Å². The van der Waals surface area contributed by atoms with Gasteiger partial charge in [-0.3, -0.25) is 9.69 Å². The zero-order valence-corrected chi connectivity index (χ0v) is 17.0. The van der Waals surface area contributed by atoms with Crippen LogP contribution in [0, 0.1) is 5.82 Å². The molecule has 2 aromatic carbocycles. The van der Waals surface area contributed by atoms with Crippen LogP contribution in [0.1, 0.15) is 27.2 Å². The number of carbonyl (C=O) groups is 1. The molecule has 1 saturated heterocycles. The summed E-state index contributed by atoms with van der Waals surface area (Å²) in [6, 6.07) is 7.37. The van der Waals surface area contributed by atoms with E-state index in [9.17, 15) is 35.5 Å². The number of fused-ring (bicyclic) bond motifs is 1. The van der Waals surface area contributed by atoms with Crippen molar-refractivity contribution in [3.8, 4) is 0 Å². The van der Waals surface area contributed by atoms with Gasteiger partial charge in [-0.1, -0.05) is 6.07 Å². The fraction of sp³-hybridized carbons (Fsp3) is 0.318. The molecule has 0 saturated carbocycles. The fourth-order valence-electron chi connectivity index (χ4n) is 3.85. The van der Waals surface area contributed by atoms with Crippen molar-refractivity contribution in [2.75, 3.05) is 26.2 Å². The largest absolute Gasteiger partial charge is 0.419 e. The van der Waals surface area contributed by atoms with Gasteiger partial charge in [0.25, 0.3) is 5.91 Å². The predicted octanol–water partition coefficient (Wildman–Crippen LogP) is 5.30. The Kier molecular flexibility index (Phi) is 5.85. The highest BCUT2D eigenvalue weighted by molar-refractivity contribution is 5.98. The van der Waals surface area contributed by atoms with Gasteiger partial charge in [-0.05, 0) is 42.0 Å². The van der Waals surface area contributed by atoms with E-state index in [0.717, 1.165) is 18.2 Å². The van der Waals surface area contributed by atoms with Crippen LogP contribution in [-0.4, -0.2) is 46.9 Å². The molecule has 176 valence electrons. The number of hydrogen-bond acceptors (Lipinski definition) is 2. The Morgan fingerprint density at radius 2 is 1.58 bits per heavy atom. The van der Waals surface area contributed by atoms with E-state index in [0.29, 0.717) is 43.3 Å². The van der Waals surface area contributed by atoms with E-state index < -0.39 is 29.3 Å². The van der Waals surface area contributed by atoms with E-state index in [4.69, 9.17) is 0 Å². The minimum absolute atomic E-state index is 0.169. The van der Waals surface area contributed by atoms with Crippen molar-refractivity contribution in [3.05, 3.63) is 70.7 Å². The SMILES string of the molecule is O=C(c1cc2cc(C(F)(F)F)ccc2[nH]1)N1CCN(Cc2ccc(C(F)(F)F)c(F)c2)CC1. The Morgan fingerprint density at radius 1 is 0.879 bits per heavy atom. The summed E-state index contributed by atoms with van der Waals surface area (Å²) in [4.78, 5) is 19.1. The maximum absolute atomic E-state index is 13.8. The highest BCUT2D eigenvalue weighted by Gasteiger charge is 2.34. The second-order valence-corrected chi connectivity index (χ2v) is 7.86. The highest BCUT2D eigenvalue weighted by atomic mass is 19.4. The van der Waals surface area contributed by atoms with Gasteiger partial charge in [0.05, 0.1) is 11.1 Å². The maximum Gasteiger partial charge on any atom is 0.419 e. The lowest BCUT2D eigenvalue weighted by atomic mass is 10.1. The molecule has 0 atom stereocenters. The predicted molar refractivity (Wildman–Crippen MR) is 106 cm³/mol. The van der Waals surface area contributed by atoms with Gasteiger partial charge in [0.15, 0.2) is 0 Å². The number of aromatic amines is 1. The van der Waals surface area contributed by atoms with Gasteiger partial charge in [-0.2, -0.15) is 26.3 Å². The molecule has 1 aliphatic rings. The summed E-state index contributed by atoms with van der Waals surface area (Å²) >= 11 is 0. The van der Waals surface area contributed by atoms with Crippen LogP contribution in [0.5, 0.6) is 0 Å². The molecule has 0 bridgehead atoms. The number of rotatable bonds is 3. The maximum atomic E-state index is 13.8. The number of hydrogen-bond donors (Lipinski definition) is 1. The molecule has 1 amide bonds. The molecule has 1 aromatic heterocycles. The van der Waals surface area contributed by atoms with Crippen LogP contribution in [0.25, 0.3) is 10.9 Å². The molecule has 4 nitrogen and oxygen atoms in total. The van der Waals surface area contributed by atoms with Crippen LogP contribution in [0.2, 0.25) is 0 Å². The molecule has 1 aliphatic heterocycles. The van der Waals surface area contributed by atoms with E-state index in [-0.39, 0.29) is 23.5 Å². The van der Waals surface area contributed by atoms with Crippen molar-refractivity contribution < 1.29 is 35.5 Å². The number of aromatic nitrogens is 1. The zero-order chi connectivity index (χ0) is 24.0. The number of alkyl halides is 6. The molecular weight excluding hydrogens is 455 g/mol. The summed E-state index contributed by atoms with van der Waals surface area (Å²) in [5, 5.41) is 0.274. The van der Waals surface area contributed by atoms with E-state index in [2.05, 4.69) is 4.98 Å². The van der Waals surface area contributed by atoms with Crippen molar-refractivity contribution >= 4 is 16.8 Å². The summed E-state index contributed by atoms with van der Waals surface area (Å²) in [5.74, 6) is -1.69. The lowest BCUT2D eigenvalue weighted by Crippen LogP contribution is -2.48. The van der Waals surface area contributed by atoms with Crippen LogP contribution < -0.4 is 0 Å². The van der Waals surface area contributed by atoms with Crippen molar-refractivity contribution in [3.63, 3.8) is 0 Å². The third-order valence-electron chi connectivity index (χ3n) is 5.58. The Balaban J connectivity index is 1.39. The van der Waals surface area contributed by atoms with Gasteiger partial charge in [0, 0.05) is 43.6 Å². The first-order valence-corrected chi connectivity index (χ1v) is 9.99. The van der Waals surface area contributed by atoms with E-state index >= 15 is 0 Å². The fourth-order valence-corrected chi connectivity index (χ4v) is 3.85. The number of benzene rings is 2. The highest BCUT2D eigenvalue weighted by Crippen LogP contribution is 2.33. The number of piperazine rings is 1. The van der Waals surface area contributed by atoms with Crippen molar-refractivity contribution in [1.82, 2.24) is 14.8 Å². The number of amides is 1. The van der Waals surface area contributed by atoms with Gasteiger partial charge in [0.2, 0.25) is 0 Å². The third kappa shape index (κ3) is 4.97. The lowest BCUT2D eigenvalue weighted by Gasteiger charge is -2.34. The number of nitrogens with one attached hydrogen (secondary N) is 1. The normalized spacial score (nSPS) is 15.9. The molecule has 0 radical (unpaired) electrons. The minimum atomic E-state index is -4.76. The topological polar surface area (TPSA) is 39.3 Å². The van der Waals surface area contributed by atoms with Crippen LogP contribution in [0.15, 0.2) is 42.5 Å². The lowest BCUT2D eigenvalue weighted by molar-refractivity contribution is -0.140. The van der Waals surface area contributed by atoms with Crippen molar-refractivity contribution in [2.24, 2.45) is 0 Å². The Labute approximate surface area is 183 Å². The molecule has 11 heteroatoms. The molecule has 0 unspecified atom stereocenters. The molecule has 2 heterocycles. The number of halogens is 7. The molecule has 33 heavy (non-hydrogen) atoms. The molecule has 0 spiro atoms. The van der Waals surface area contributed by atoms with Gasteiger partial charge in [0.1, 0.15) is 11.5 Å².